The molecule has 0 spiro atoms. The Morgan fingerprint density at radius 2 is 1.97 bits per heavy atom. The van der Waals surface area contributed by atoms with Crippen molar-refractivity contribution in [2.24, 2.45) is 5.92 Å². The predicted molar refractivity (Wildman–Crippen MR) is 115 cm³/mol. The highest BCUT2D eigenvalue weighted by Crippen LogP contribution is 2.32. The summed E-state index contributed by atoms with van der Waals surface area (Å²) in [5.74, 6) is -0.0908. The summed E-state index contributed by atoms with van der Waals surface area (Å²) in [6.45, 7) is 5.64. The van der Waals surface area contributed by atoms with Crippen molar-refractivity contribution in [2.45, 2.75) is 58.2 Å². The van der Waals surface area contributed by atoms with Crippen LogP contribution in [-0.2, 0) is 22.3 Å². The highest BCUT2D eigenvalue weighted by molar-refractivity contribution is 5.72. The molecule has 6 nitrogen and oxygen atoms in total. The smallest absolute Gasteiger partial charge is 0.416 e. The summed E-state index contributed by atoms with van der Waals surface area (Å²) in [5.41, 5.74) is 0.381. The molecule has 1 atom stereocenters. The second kappa shape index (κ2) is 11.4. The van der Waals surface area contributed by atoms with Crippen LogP contribution in [0.1, 0.15) is 51.0 Å². The van der Waals surface area contributed by atoms with E-state index in [-0.39, 0.29) is 11.9 Å². The summed E-state index contributed by atoms with van der Waals surface area (Å²) < 4.78 is 45.8. The molecule has 0 radical (unpaired) electrons. The SMILES string of the molecule is CCOC(=O)C1CCCN(CCCCCCn2nncc2-c2cccc(C(F)(F)F)c2)C1. The highest BCUT2D eigenvalue weighted by Gasteiger charge is 2.30. The van der Waals surface area contributed by atoms with Gasteiger partial charge >= 0.3 is 12.1 Å². The number of piperidine rings is 1. The van der Waals surface area contributed by atoms with E-state index in [1.807, 2.05) is 6.92 Å². The van der Waals surface area contributed by atoms with E-state index in [1.54, 1.807) is 10.7 Å². The number of hydrogen-bond donors (Lipinski definition) is 0. The van der Waals surface area contributed by atoms with Gasteiger partial charge in [-0.2, -0.15) is 13.2 Å². The molecule has 9 heteroatoms. The van der Waals surface area contributed by atoms with Crippen LogP contribution >= 0.6 is 0 Å². The van der Waals surface area contributed by atoms with Crippen LogP contribution < -0.4 is 0 Å². The Labute approximate surface area is 186 Å². The minimum atomic E-state index is -4.38. The molecule has 2 heterocycles. The zero-order valence-electron chi connectivity index (χ0n) is 18.5. The fourth-order valence-corrected chi connectivity index (χ4v) is 4.16. The molecule has 0 N–H and O–H groups in total. The van der Waals surface area contributed by atoms with Crippen LogP contribution in [0.25, 0.3) is 11.3 Å². The Morgan fingerprint density at radius 3 is 2.72 bits per heavy atom. The van der Waals surface area contributed by atoms with Gasteiger partial charge in [-0.3, -0.25) is 4.79 Å². The number of rotatable bonds is 10. The molecule has 1 fully saturated rings. The average Bonchev–Trinajstić information content (AvgIpc) is 3.24. The van der Waals surface area contributed by atoms with Gasteiger partial charge in [-0.25, -0.2) is 4.68 Å². The first kappa shape index (κ1) is 24.2. The Kier molecular flexibility index (Phi) is 8.67. The number of nitrogens with zero attached hydrogens (tertiary/aromatic N) is 4. The third-order valence-electron chi connectivity index (χ3n) is 5.82. The maximum atomic E-state index is 13.0. The van der Waals surface area contributed by atoms with Gasteiger partial charge in [0.25, 0.3) is 0 Å². The molecule has 0 saturated carbocycles. The van der Waals surface area contributed by atoms with Gasteiger partial charge in [0, 0.05) is 18.7 Å². The van der Waals surface area contributed by atoms with E-state index in [2.05, 4.69) is 15.2 Å². The number of carbonyl (C=O) groups excluding carboxylic acids is 1. The monoisotopic (exact) mass is 452 g/mol. The minimum absolute atomic E-state index is 0.00900. The number of alkyl halides is 3. The molecular weight excluding hydrogens is 421 g/mol. The second-order valence-electron chi connectivity index (χ2n) is 8.23. The summed E-state index contributed by atoms with van der Waals surface area (Å²) in [6.07, 6.45) is 3.03. The Balaban J connectivity index is 1.40. The van der Waals surface area contributed by atoms with Crippen LogP contribution in [0.4, 0.5) is 13.2 Å². The van der Waals surface area contributed by atoms with Crippen molar-refractivity contribution in [1.29, 1.82) is 0 Å². The van der Waals surface area contributed by atoms with Gasteiger partial charge in [0.1, 0.15) is 0 Å². The van der Waals surface area contributed by atoms with Crippen molar-refractivity contribution in [3.63, 3.8) is 0 Å². The molecule has 1 saturated heterocycles. The van der Waals surface area contributed by atoms with Crippen LogP contribution in [-0.4, -0.2) is 52.1 Å². The molecule has 0 aliphatic carbocycles. The molecule has 1 aromatic carbocycles. The fourth-order valence-electron chi connectivity index (χ4n) is 4.16. The molecule has 176 valence electrons. The second-order valence-corrected chi connectivity index (χ2v) is 8.23. The van der Waals surface area contributed by atoms with Crippen LogP contribution in [0.15, 0.2) is 30.5 Å². The topological polar surface area (TPSA) is 60.2 Å². The standard InChI is InChI=1S/C23H31F3N4O2/c1-2-32-22(31)19-10-8-13-29(17-19)12-5-3-4-6-14-30-21(16-27-28-30)18-9-7-11-20(15-18)23(24,25)26/h7,9,11,15-16,19H,2-6,8,10,12-14,17H2,1H3. The quantitative estimate of drug-likeness (QED) is 0.383. The molecule has 1 aromatic heterocycles. The first-order chi connectivity index (χ1) is 15.4. The average molecular weight is 453 g/mol. The number of hydrogen-bond acceptors (Lipinski definition) is 5. The summed E-state index contributed by atoms with van der Waals surface area (Å²) >= 11 is 0. The van der Waals surface area contributed by atoms with E-state index in [0.29, 0.717) is 24.4 Å². The summed E-state index contributed by atoms with van der Waals surface area (Å²) in [7, 11) is 0. The lowest BCUT2D eigenvalue weighted by Crippen LogP contribution is -2.39. The molecule has 1 unspecified atom stereocenters. The summed E-state index contributed by atoms with van der Waals surface area (Å²) in [5, 5.41) is 7.94. The van der Waals surface area contributed by atoms with E-state index in [1.165, 1.54) is 12.3 Å². The molecule has 1 aliphatic rings. The van der Waals surface area contributed by atoms with Gasteiger partial charge in [-0.1, -0.05) is 30.2 Å². The number of carbonyl (C=O) groups is 1. The fraction of sp³-hybridized carbons (Fsp3) is 0.609. The molecule has 1 aliphatic heterocycles. The predicted octanol–water partition coefficient (Wildman–Crippen LogP) is 4.80. The number of halogens is 3. The Morgan fingerprint density at radius 1 is 1.19 bits per heavy atom. The van der Waals surface area contributed by atoms with Crippen molar-refractivity contribution < 1.29 is 22.7 Å². The summed E-state index contributed by atoms with van der Waals surface area (Å²) in [4.78, 5) is 14.3. The van der Waals surface area contributed by atoms with E-state index < -0.39 is 11.7 Å². The van der Waals surface area contributed by atoms with Crippen molar-refractivity contribution in [3.8, 4) is 11.3 Å². The van der Waals surface area contributed by atoms with Crippen molar-refractivity contribution in [2.75, 3.05) is 26.2 Å². The van der Waals surface area contributed by atoms with Crippen LogP contribution in [0.2, 0.25) is 0 Å². The van der Waals surface area contributed by atoms with Crippen molar-refractivity contribution in [1.82, 2.24) is 19.9 Å². The zero-order chi connectivity index (χ0) is 23.0. The van der Waals surface area contributed by atoms with E-state index in [0.717, 1.165) is 70.3 Å². The molecule has 3 rings (SSSR count). The molecule has 2 aromatic rings. The van der Waals surface area contributed by atoms with Crippen molar-refractivity contribution >= 4 is 5.97 Å². The van der Waals surface area contributed by atoms with E-state index in [4.69, 9.17) is 4.74 Å². The van der Waals surface area contributed by atoms with Gasteiger partial charge < -0.3 is 9.64 Å². The first-order valence-corrected chi connectivity index (χ1v) is 11.3. The first-order valence-electron chi connectivity index (χ1n) is 11.3. The number of aryl methyl sites for hydroxylation is 1. The third-order valence-corrected chi connectivity index (χ3v) is 5.82. The normalized spacial score (nSPS) is 17.4. The van der Waals surface area contributed by atoms with Crippen LogP contribution in [0.5, 0.6) is 0 Å². The van der Waals surface area contributed by atoms with Crippen molar-refractivity contribution in [3.05, 3.63) is 36.0 Å². The number of ether oxygens (including phenoxy) is 1. The third kappa shape index (κ3) is 6.79. The number of unbranched alkanes of at least 4 members (excludes halogenated alkanes) is 3. The zero-order valence-corrected chi connectivity index (χ0v) is 18.5. The highest BCUT2D eigenvalue weighted by atomic mass is 19.4. The minimum Gasteiger partial charge on any atom is -0.466 e. The van der Waals surface area contributed by atoms with E-state index >= 15 is 0 Å². The number of benzene rings is 1. The van der Waals surface area contributed by atoms with Gasteiger partial charge in [0.05, 0.1) is 30.0 Å². The molecular formula is C23H31F3N4O2. The Bertz CT molecular complexity index is 869. The molecule has 0 bridgehead atoms. The van der Waals surface area contributed by atoms with Gasteiger partial charge in [0.2, 0.25) is 0 Å². The molecule has 0 amide bonds. The van der Waals surface area contributed by atoms with E-state index in [9.17, 15) is 18.0 Å². The lowest BCUT2D eigenvalue weighted by Gasteiger charge is -2.31. The maximum Gasteiger partial charge on any atom is 0.416 e. The number of likely N-dealkylation sites (tertiary alicyclic amines) is 1. The largest absolute Gasteiger partial charge is 0.466 e. The van der Waals surface area contributed by atoms with Gasteiger partial charge in [-0.15, -0.1) is 5.10 Å². The van der Waals surface area contributed by atoms with Gasteiger partial charge in [-0.05, 0) is 57.8 Å². The van der Waals surface area contributed by atoms with Crippen LogP contribution in [0, 0.1) is 5.92 Å². The summed E-state index contributed by atoms with van der Waals surface area (Å²) in [6, 6.07) is 5.25. The maximum absolute atomic E-state index is 13.0. The lowest BCUT2D eigenvalue weighted by molar-refractivity contribution is -0.150. The van der Waals surface area contributed by atoms with Gasteiger partial charge in [0.15, 0.2) is 0 Å². The number of aromatic nitrogens is 3. The number of esters is 1. The molecule has 32 heavy (non-hydrogen) atoms. The van der Waals surface area contributed by atoms with Crippen LogP contribution in [0.3, 0.4) is 0 Å². The lowest BCUT2D eigenvalue weighted by atomic mass is 9.98. The Hall–Kier alpha value is -2.42.